The van der Waals surface area contributed by atoms with Crippen molar-refractivity contribution in [1.82, 2.24) is 19.4 Å². The Morgan fingerprint density at radius 3 is 2.40 bits per heavy atom. The maximum atomic E-state index is 14.0. The molecule has 42 heavy (non-hydrogen) atoms. The summed E-state index contributed by atoms with van der Waals surface area (Å²) >= 11 is 10.5. The van der Waals surface area contributed by atoms with Crippen LogP contribution in [0, 0.1) is 0 Å². The number of piperazine rings is 1. The highest BCUT2D eigenvalue weighted by atomic mass is 79.9. The Morgan fingerprint density at radius 1 is 1.05 bits per heavy atom. The fourth-order valence-corrected chi connectivity index (χ4v) is 6.47. The number of hydrogen-bond acceptors (Lipinski definition) is 7. The molecule has 11 heteroatoms. The molecule has 5 rings (SSSR count). The van der Waals surface area contributed by atoms with E-state index in [-0.39, 0.29) is 18.1 Å². The predicted octanol–water partition coefficient (Wildman–Crippen LogP) is 6.76. The molecule has 2 aromatic heterocycles. The molecule has 0 radical (unpaired) electrons. The maximum absolute atomic E-state index is 14.0. The number of amides is 1. The van der Waals surface area contributed by atoms with Crippen LogP contribution >= 0.6 is 27.5 Å². The summed E-state index contributed by atoms with van der Waals surface area (Å²) in [6.07, 6.45) is 3.00. The summed E-state index contributed by atoms with van der Waals surface area (Å²) in [5, 5.41) is 1.24. The van der Waals surface area contributed by atoms with Crippen LogP contribution < -0.4 is 15.5 Å². The standard InChI is InChI=1S/C31H40BrClN6O3/c1-19(2)22-16-21(32)10-11-25(22)39-27-23(17-24(33)28(34-27)36-12-8-7-9-13-36)26(35-29(39)40)38-15-14-37(18-20(38)3)30(41)42-31(4,5)6/h10-11,16-17,19-20H,7-9,12-15,18H2,1-6H3/t20-/m0/s1. The monoisotopic (exact) mass is 658 g/mol. The number of hydrogen-bond donors (Lipinski definition) is 0. The molecule has 0 N–H and O–H groups in total. The summed E-state index contributed by atoms with van der Waals surface area (Å²) in [5.41, 5.74) is 1.32. The van der Waals surface area contributed by atoms with Gasteiger partial charge in [-0.05, 0) is 82.7 Å². The number of carbonyl (C=O) groups excluding carboxylic acids is 1. The van der Waals surface area contributed by atoms with Crippen molar-refractivity contribution in [3.8, 4) is 5.69 Å². The van der Waals surface area contributed by atoms with E-state index in [9.17, 15) is 9.59 Å². The molecule has 2 saturated heterocycles. The van der Waals surface area contributed by atoms with E-state index >= 15 is 0 Å². The molecule has 1 amide bonds. The van der Waals surface area contributed by atoms with Crippen LogP contribution in [0.2, 0.25) is 5.02 Å². The van der Waals surface area contributed by atoms with Gasteiger partial charge in [0.15, 0.2) is 5.65 Å². The van der Waals surface area contributed by atoms with Gasteiger partial charge in [0.2, 0.25) is 0 Å². The minimum atomic E-state index is -0.573. The molecule has 0 saturated carbocycles. The van der Waals surface area contributed by atoms with Crippen LogP contribution in [0.25, 0.3) is 16.7 Å². The number of fused-ring (bicyclic) bond motifs is 1. The molecule has 0 bridgehead atoms. The molecule has 4 heterocycles. The number of benzene rings is 1. The summed E-state index contributed by atoms with van der Waals surface area (Å²) in [5.74, 6) is 1.39. The van der Waals surface area contributed by atoms with Crippen LogP contribution in [0.3, 0.4) is 0 Å². The van der Waals surface area contributed by atoms with Crippen LogP contribution in [0.15, 0.2) is 33.5 Å². The molecule has 0 spiro atoms. The van der Waals surface area contributed by atoms with Crippen LogP contribution in [0.4, 0.5) is 16.4 Å². The lowest BCUT2D eigenvalue weighted by atomic mass is 10.0. The zero-order valence-corrected chi connectivity index (χ0v) is 27.6. The van der Waals surface area contributed by atoms with Crippen molar-refractivity contribution in [3.63, 3.8) is 0 Å². The second-order valence-corrected chi connectivity index (χ2v) is 13.9. The number of nitrogens with zero attached hydrogens (tertiary/aromatic N) is 6. The fraction of sp³-hybridized carbons (Fsp3) is 0.548. The third-order valence-electron chi connectivity index (χ3n) is 7.84. The van der Waals surface area contributed by atoms with Gasteiger partial charge in [0.25, 0.3) is 0 Å². The molecule has 3 aromatic rings. The van der Waals surface area contributed by atoms with E-state index in [0.717, 1.165) is 41.7 Å². The summed E-state index contributed by atoms with van der Waals surface area (Å²) < 4.78 is 8.18. The molecule has 2 aliphatic rings. The molecule has 2 fully saturated rings. The number of carbonyl (C=O) groups is 1. The minimum absolute atomic E-state index is 0.114. The topological polar surface area (TPSA) is 83.8 Å². The average Bonchev–Trinajstić information content (AvgIpc) is 2.92. The Hall–Kier alpha value is -2.85. The average molecular weight is 660 g/mol. The van der Waals surface area contributed by atoms with E-state index < -0.39 is 11.3 Å². The van der Waals surface area contributed by atoms with Crippen molar-refractivity contribution in [1.29, 1.82) is 0 Å². The first kappa shape index (κ1) is 30.6. The minimum Gasteiger partial charge on any atom is -0.444 e. The van der Waals surface area contributed by atoms with Crippen molar-refractivity contribution >= 4 is 56.3 Å². The molecule has 2 aliphatic heterocycles. The van der Waals surface area contributed by atoms with Gasteiger partial charge in [-0.15, -0.1) is 0 Å². The highest BCUT2D eigenvalue weighted by molar-refractivity contribution is 9.10. The van der Waals surface area contributed by atoms with Gasteiger partial charge in [-0.25, -0.2) is 19.1 Å². The lowest BCUT2D eigenvalue weighted by Gasteiger charge is -2.41. The largest absolute Gasteiger partial charge is 0.444 e. The highest BCUT2D eigenvalue weighted by Gasteiger charge is 2.33. The van der Waals surface area contributed by atoms with Crippen LogP contribution in [0.1, 0.15) is 72.3 Å². The Balaban J connectivity index is 1.65. The summed E-state index contributed by atoms with van der Waals surface area (Å²) in [6, 6.07) is 7.73. The van der Waals surface area contributed by atoms with Gasteiger partial charge in [-0.3, -0.25) is 0 Å². The van der Waals surface area contributed by atoms with Gasteiger partial charge in [0, 0.05) is 43.2 Å². The van der Waals surface area contributed by atoms with Crippen molar-refractivity contribution in [2.45, 2.75) is 78.4 Å². The van der Waals surface area contributed by atoms with Gasteiger partial charge in [0.1, 0.15) is 17.2 Å². The fourth-order valence-electron chi connectivity index (χ4n) is 5.82. The lowest BCUT2D eigenvalue weighted by Crippen LogP contribution is -2.55. The number of rotatable bonds is 4. The molecular weight excluding hydrogens is 620 g/mol. The number of anilines is 2. The van der Waals surface area contributed by atoms with Crippen LogP contribution in [-0.2, 0) is 4.74 Å². The molecular formula is C31H40BrClN6O3. The van der Waals surface area contributed by atoms with Crippen LogP contribution in [-0.4, -0.2) is 69.9 Å². The van der Waals surface area contributed by atoms with Gasteiger partial charge < -0.3 is 19.4 Å². The van der Waals surface area contributed by atoms with Crippen molar-refractivity contribution in [2.75, 3.05) is 42.5 Å². The number of halogens is 2. The molecule has 1 aromatic carbocycles. The first-order valence-corrected chi connectivity index (χ1v) is 15.9. The van der Waals surface area contributed by atoms with Crippen molar-refractivity contribution in [2.24, 2.45) is 0 Å². The molecule has 9 nitrogen and oxygen atoms in total. The first-order chi connectivity index (χ1) is 19.8. The Kier molecular flexibility index (Phi) is 8.77. The zero-order valence-electron chi connectivity index (χ0n) is 25.3. The van der Waals surface area contributed by atoms with Gasteiger partial charge in [0.05, 0.1) is 16.1 Å². The highest BCUT2D eigenvalue weighted by Crippen LogP contribution is 2.36. The molecule has 1 atom stereocenters. The van der Waals surface area contributed by atoms with Crippen LogP contribution in [0.5, 0.6) is 0 Å². The zero-order chi connectivity index (χ0) is 30.3. The number of piperidine rings is 1. The quantitative estimate of drug-likeness (QED) is 0.306. The number of pyridine rings is 1. The van der Waals surface area contributed by atoms with Gasteiger partial charge >= 0.3 is 11.8 Å². The van der Waals surface area contributed by atoms with Crippen molar-refractivity contribution in [3.05, 3.63) is 49.8 Å². The van der Waals surface area contributed by atoms with Crippen molar-refractivity contribution < 1.29 is 9.53 Å². The Bertz CT molecular complexity index is 1550. The van der Waals surface area contributed by atoms with E-state index in [1.54, 1.807) is 9.47 Å². The normalized spacial score (nSPS) is 18.2. The lowest BCUT2D eigenvalue weighted by molar-refractivity contribution is 0.0218. The summed E-state index contributed by atoms with van der Waals surface area (Å²) in [4.78, 5) is 42.6. The molecule has 0 unspecified atom stereocenters. The Labute approximate surface area is 260 Å². The Morgan fingerprint density at radius 2 is 1.76 bits per heavy atom. The smallest absolute Gasteiger partial charge is 0.410 e. The van der Waals surface area contributed by atoms with E-state index in [1.165, 1.54) is 6.42 Å². The van der Waals surface area contributed by atoms with E-state index in [4.69, 9.17) is 21.3 Å². The van der Waals surface area contributed by atoms with E-state index in [2.05, 4.69) is 44.6 Å². The third-order valence-corrected chi connectivity index (χ3v) is 8.61. The third kappa shape index (κ3) is 6.25. The maximum Gasteiger partial charge on any atom is 0.410 e. The first-order valence-electron chi connectivity index (χ1n) is 14.8. The molecule has 0 aliphatic carbocycles. The number of ether oxygens (including phenoxy) is 1. The van der Waals surface area contributed by atoms with E-state index in [0.29, 0.717) is 47.3 Å². The second-order valence-electron chi connectivity index (χ2n) is 12.6. The number of aromatic nitrogens is 3. The predicted molar refractivity (Wildman–Crippen MR) is 173 cm³/mol. The molecule has 226 valence electrons. The van der Waals surface area contributed by atoms with Gasteiger partial charge in [-0.2, -0.15) is 4.98 Å². The SMILES string of the molecule is CC(C)c1cc(Br)ccc1-n1c(=O)nc(N2CCN(C(=O)OC(C)(C)C)C[C@@H]2C)c2cc(Cl)c(N3CCCCC3)nc21. The van der Waals surface area contributed by atoms with Gasteiger partial charge in [-0.1, -0.05) is 41.4 Å². The summed E-state index contributed by atoms with van der Waals surface area (Å²) in [6.45, 7) is 15.0. The van der Waals surface area contributed by atoms with E-state index in [1.807, 2.05) is 52.0 Å². The summed E-state index contributed by atoms with van der Waals surface area (Å²) in [7, 11) is 0. The second kappa shape index (κ2) is 12.0.